The van der Waals surface area contributed by atoms with E-state index in [1.54, 1.807) is 0 Å². The quantitative estimate of drug-likeness (QED) is 0.860. The number of halogens is 1. The maximum atomic E-state index is 13.2. The third-order valence-electron chi connectivity index (χ3n) is 2.92. The Kier molecular flexibility index (Phi) is 3.84. The molecule has 0 aromatic heterocycles. The molecule has 5 nitrogen and oxygen atoms in total. The van der Waals surface area contributed by atoms with Crippen molar-refractivity contribution in [1.29, 1.82) is 0 Å². The van der Waals surface area contributed by atoms with Crippen molar-refractivity contribution in [2.24, 2.45) is 5.73 Å². The summed E-state index contributed by atoms with van der Waals surface area (Å²) in [6, 6.07) is 4.02. The highest BCUT2D eigenvalue weighted by molar-refractivity contribution is 7.90. The largest absolute Gasteiger partial charge is 0.326 e. The van der Waals surface area contributed by atoms with E-state index < -0.39 is 16.0 Å². The van der Waals surface area contributed by atoms with Gasteiger partial charge in [0, 0.05) is 25.2 Å². The Labute approximate surface area is 106 Å². The number of nitrogens with two attached hydrogens (primary N) is 1. The second-order valence-corrected chi connectivity index (χ2v) is 5.89. The molecule has 1 saturated heterocycles. The van der Waals surface area contributed by atoms with Gasteiger partial charge in [-0.15, -0.1) is 0 Å². The zero-order valence-corrected chi connectivity index (χ0v) is 10.7. The molecule has 7 heteroatoms. The molecule has 3 N–H and O–H groups in total. The Morgan fingerprint density at radius 2 is 2.00 bits per heavy atom. The maximum Gasteiger partial charge on any atom is 0.301 e. The van der Waals surface area contributed by atoms with Gasteiger partial charge in [-0.05, 0) is 31.0 Å². The minimum atomic E-state index is -3.53. The minimum absolute atomic E-state index is 0.0329. The van der Waals surface area contributed by atoms with Crippen LogP contribution in [0.2, 0.25) is 0 Å². The van der Waals surface area contributed by atoms with Gasteiger partial charge in [-0.3, -0.25) is 4.72 Å². The van der Waals surface area contributed by atoms with E-state index in [1.165, 1.54) is 22.5 Å². The van der Waals surface area contributed by atoms with Crippen LogP contribution in [0, 0.1) is 5.82 Å². The second kappa shape index (κ2) is 5.21. The molecule has 18 heavy (non-hydrogen) atoms. The van der Waals surface area contributed by atoms with Gasteiger partial charge in [-0.2, -0.15) is 12.7 Å². The third kappa shape index (κ3) is 2.80. The first-order chi connectivity index (χ1) is 8.53. The Hall–Kier alpha value is -1.18. The van der Waals surface area contributed by atoms with Crippen molar-refractivity contribution < 1.29 is 12.8 Å². The van der Waals surface area contributed by atoms with Crippen LogP contribution >= 0.6 is 0 Å². The molecule has 0 atom stereocenters. The number of nitrogens with zero attached hydrogens (tertiary/aromatic N) is 1. The molecular formula is C11H16FN3O2S. The zero-order chi connectivity index (χ0) is 13.2. The first kappa shape index (κ1) is 13.3. The lowest BCUT2D eigenvalue weighted by molar-refractivity contribution is 0.482. The predicted molar refractivity (Wildman–Crippen MR) is 67.6 cm³/mol. The molecule has 1 aliphatic rings. The number of nitrogens with one attached hydrogen (secondary N) is 1. The second-order valence-electron chi connectivity index (χ2n) is 4.22. The van der Waals surface area contributed by atoms with E-state index in [1.807, 2.05) is 0 Å². The fourth-order valence-corrected chi connectivity index (χ4v) is 3.23. The summed E-state index contributed by atoms with van der Waals surface area (Å²) in [5.41, 5.74) is 6.00. The molecule has 1 aliphatic heterocycles. The number of rotatable bonds is 4. The van der Waals surface area contributed by atoms with Crippen LogP contribution < -0.4 is 10.5 Å². The lowest BCUT2D eigenvalue weighted by Crippen LogP contribution is -2.33. The first-order valence-electron chi connectivity index (χ1n) is 5.79. The number of hydrogen-bond donors (Lipinski definition) is 2. The summed E-state index contributed by atoms with van der Waals surface area (Å²) in [7, 11) is -3.53. The molecule has 0 aliphatic carbocycles. The standard InChI is InChI=1S/C11H16FN3O2S/c12-11-4-3-10(7-9(11)8-13)14-18(16,17)15-5-1-2-6-15/h3-4,7,14H,1-2,5-6,8,13H2. The fraction of sp³-hybridized carbons (Fsp3) is 0.455. The Morgan fingerprint density at radius 1 is 1.33 bits per heavy atom. The lowest BCUT2D eigenvalue weighted by Gasteiger charge is -2.17. The molecular weight excluding hydrogens is 257 g/mol. The van der Waals surface area contributed by atoms with Crippen LogP contribution in [-0.4, -0.2) is 25.8 Å². The van der Waals surface area contributed by atoms with Crippen molar-refractivity contribution in [1.82, 2.24) is 4.31 Å². The number of anilines is 1. The average molecular weight is 273 g/mol. The highest BCUT2D eigenvalue weighted by Crippen LogP contribution is 2.19. The summed E-state index contributed by atoms with van der Waals surface area (Å²) in [6.07, 6.45) is 1.75. The smallest absolute Gasteiger partial charge is 0.301 e. The van der Waals surface area contributed by atoms with Crippen molar-refractivity contribution in [3.8, 4) is 0 Å². The van der Waals surface area contributed by atoms with E-state index in [9.17, 15) is 12.8 Å². The first-order valence-corrected chi connectivity index (χ1v) is 7.23. The van der Waals surface area contributed by atoms with Gasteiger partial charge in [0.15, 0.2) is 0 Å². The van der Waals surface area contributed by atoms with Crippen molar-refractivity contribution in [3.05, 3.63) is 29.6 Å². The van der Waals surface area contributed by atoms with Gasteiger partial charge in [0.05, 0.1) is 5.69 Å². The van der Waals surface area contributed by atoms with Crippen molar-refractivity contribution in [2.75, 3.05) is 17.8 Å². The van der Waals surface area contributed by atoms with Crippen LogP contribution in [0.25, 0.3) is 0 Å². The Bertz CT molecular complexity index is 527. The molecule has 0 saturated carbocycles. The van der Waals surface area contributed by atoms with Crippen LogP contribution in [0.15, 0.2) is 18.2 Å². The zero-order valence-electron chi connectivity index (χ0n) is 9.89. The van der Waals surface area contributed by atoms with Crippen LogP contribution in [0.1, 0.15) is 18.4 Å². The molecule has 2 rings (SSSR count). The molecule has 0 spiro atoms. The summed E-state index contributed by atoms with van der Waals surface area (Å²) < 4.78 is 41.0. The molecule has 0 bridgehead atoms. The highest BCUT2D eigenvalue weighted by Gasteiger charge is 2.25. The number of benzene rings is 1. The molecule has 0 unspecified atom stereocenters. The van der Waals surface area contributed by atoms with Crippen molar-refractivity contribution in [2.45, 2.75) is 19.4 Å². The monoisotopic (exact) mass is 273 g/mol. The van der Waals surface area contributed by atoms with E-state index in [4.69, 9.17) is 5.73 Å². The Morgan fingerprint density at radius 3 is 2.61 bits per heavy atom. The van der Waals surface area contributed by atoms with E-state index in [-0.39, 0.29) is 12.1 Å². The number of hydrogen-bond acceptors (Lipinski definition) is 3. The summed E-state index contributed by atoms with van der Waals surface area (Å²) in [5, 5.41) is 0. The summed E-state index contributed by atoms with van der Waals surface area (Å²) >= 11 is 0. The highest BCUT2D eigenvalue weighted by atomic mass is 32.2. The van der Waals surface area contributed by atoms with E-state index >= 15 is 0 Å². The third-order valence-corrected chi connectivity index (χ3v) is 4.46. The molecule has 100 valence electrons. The van der Waals surface area contributed by atoms with Gasteiger partial charge >= 0.3 is 10.2 Å². The maximum absolute atomic E-state index is 13.2. The normalized spacial score (nSPS) is 17.0. The summed E-state index contributed by atoms with van der Waals surface area (Å²) in [4.78, 5) is 0. The van der Waals surface area contributed by atoms with Crippen molar-refractivity contribution in [3.63, 3.8) is 0 Å². The van der Waals surface area contributed by atoms with Crippen LogP contribution in [0.3, 0.4) is 0 Å². The molecule has 1 aromatic carbocycles. The average Bonchev–Trinajstić information content (AvgIpc) is 2.85. The SMILES string of the molecule is NCc1cc(NS(=O)(=O)N2CCCC2)ccc1F. The summed E-state index contributed by atoms with van der Waals surface area (Å²) in [6.45, 7) is 1.09. The van der Waals surface area contributed by atoms with Crippen molar-refractivity contribution >= 4 is 15.9 Å². The molecule has 0 amide bonds. The van der Waals surface area contributed by atoms with Gasteiger partial charge in [-0.1, -0.05) is 0 Å². The van der Waals surface area contributed by atoms with Crippen LogP contribution in [-0.2, 0) is 16.8 Å². The van der Waals surface area contributed by atoms with Crippen LogP contribution in [0.4, 0.5) is 10.1 Å². The molecule has 1 heterocycles. The van der Waals surface area contributed by atoms with E-state index in [0.717, 1.165) is 12.8 Å². The Balaban J connectivity index is 2.18. The van der Waals surface area contributed by atoms with E-state index in [0.29, 0.717) is 18.8 Å². The fourth-order valence-electron chi connectivity index (χ4n) is 1.94. The summed E-state index contributed by atoms with van der Waals surface area (Å²) in [5.74, 6) is -0.429. The van der Waals surface area contributed by atoms with Gasteiger partial charge in [0.25, 0.3) is 0 Å². The molecule has 0 radical (unpaired) electrons. The van der Waals surface area contributed by atoms with Crippen LogP contribution in [0.5, 0.6) is 0 Å². The molecule has 1 fully saturated rings. The molecule has 1 aromatic rings. The van der Waals surface area contributed by atoms with Gasteiger partial charge in [0.1, 0.15) is 5.82 Å². The minimum Gasteiger partial charge on any atom is -0.326 e. The van der Waals surface area contributed by atoms with Gasteiger partial charge in [-0.25, -0.2) is 4.39 Å². The van der Waals surface area contributed by atoms with E-state index in [2.05, 4.69) is 4.72 Å². The topological polar surface area (TPSA) is 75.4 Å². The van der Waals surface area contributed by atoms with Gasteiger partial charge < -0.3 is 5.73 Å². The lowest BCUT2D eigenvalue weighted by atomic mass is 10.2. The van der Waals surface area contributed by atoms with Gasteiger partial charge in [0.2, 0.25) is 0 Å². The predicted octanol–water partition coefficient (Wildman–Crippen LogP) is 1.04.